The zero-order chi connectivity index (χ0) is 12.9. The molecule has 2 aromatic rings. The first kappa shape index (κ1) is 14.7. The molecule has 3 rings (SSSR count). The molecule has 1 aliphatic rings. The summed E-state index contributed by atoms with van der Waals surface area (Å²) in [5, 5.41) is 3.44. The van der Waals surface area contributed by atoms with E-state index in [0.717, 1.165) is 31.0 Å². The molecule has 0 saturated carbocycles. The van der Waals surface area contributed by atoms with Gasteiger partial charge in [0.2, 0.25) is 6.79 Å². The quantitative estimate of drug-likeness (QED) is 0.859. The van der Waals surface area contributed by atoms with E-state index in [0.29, 0.717) is 6.79 Å². The van der Waals surface area contributed by atoms with Crippen LogP contribution in [0.5, 0.6) is 11.5 Å². The van der Waals surface area contributed by atoms with Gasteiger partial charge in [-0.05, 0) is 36.2 Å². The van der Waals surface area contributed by atoms with Crippen molar-refractivity contribution in [2.24, 2.45) is 0 Å². The Morgan fingerprint density at radius 3 is 2.55 bits per heavy atom. The summed E-state index contributed by atoms with van der Waals surface area (Å²) in [7, 11) is 0. The van der Waals surface area contributed by atoms with Gasteiger partial charge in [0.1, 0.15) is 0 Å². The van der Waals surface area contributed by atoms with E-state index in [1.165, 1.54) is 11.1 Å². The molecule has 0 unspecified atom stereocenters. The molecule has 4 heteroatoms. The first-order valence-corrected chi connectivity index (χ1v) is 6.55. The minimum absolute atomic E-state index is 0. The lowest BCUT2D eigenvalue weighted by Crippen LogP contribution is -2.16. The van der Waals surface area contributed by atoms with Gasteiger partial charge in [0.15, 0.2) is 11.5 Å². The van der Waals surface area contributed by atoms with Crippen LogP contribution in [0.4, 0.5) is 0 Å². The molecule has 1 aliphatic heterocycles. The highest BCUT2D eigenvalue weighted by Gasteiger charge is 2.12. The first-order valence-electron chi connectivity index (χ1n) is 6.55. The van der Waals surface area contributed by atoms with Crippen molar-refractivity contribution in [3.8, 4) is 11.5 Å². The van der Waals surface area contributed by atoms with E-state index < -0.39 is 0 Å². The number of hydrogen-bond donors (Lipinski definition) is 1. The van der Waals surface area contributed by atoms with E-state index in [9.17, 15) is 0 Å². The molecule has 0 bridgehead atoms. The van der Waals surface area contributed by atoms with Crippen molar-refractivity contribution in [3.63, 3.8) is 0 Å². The van der Waals surface area contributed by atoms with E-state index >= 15 is 0 Å². The number of halogens is 1. The fourth-order valence-corrected chi connectivity index (χ4v) is 2.16. The lowest BCUT2D eigenvalue weighted by molar-refractivity contribution is 0.174. The number of benzene rings is 2. The highest BCUT2D eigenvalue weighted by Crippen LogP contribution is 2.32. The predicted molar refractivity (Wildman–Crippen MR) is 81.7 cm³/mol. The third-order valence-corrected chi connectivity index (χ3v) is 3.20. The molecule has 0 spiro atoms. The monoisotopic (exact) mass is 291 g/mol. The van der Waals surface area contributed by atoms with Crippen LogP contribution in [0, 0.1) is 0 Å². The van der Waals surface area contributed by atoms with Crippen LogP contribution < -0.4 is 14.8 Å². The molecule has 0 atom stereocenters. The standard InChI is InChI=1S/C16H17NO2.ClH/c1-2-4-13(5-3-1)8-9-17-11-14-6-7-15-16(10-14)19-12-18-15;/h1-7,10,17H,8-9,11-12H2;1H. The Labute approximate surface area is 125 Å². The maximum Gasteiger partial charge on any atom is 0.231 e. The molecule has 0 radical (unpaired) electrons. The molecule has 0 aromatic heterocycles. The van der Waals surface area contributed by atoms with Crippen molar-refractivity contribution in [2.75, 3.05) is 13.3 Å². The molecule has 0 aliphatic carbocycles. The van der Waals surface area contributed by atoms with Crippen molar-refractivity contribution in [1.82, 2.24) is 5.32 Å². The maximum absolute atomic E-state index is 5.36. The summed E-state index contributed by atoms with van der Waals surface area (Å²) in [4.78, 5) is 0. The van der Waals surface area contributed by atoms with Gasteiger partial charge in [-0.15, -0.1) is 12.4 Å². The first-order chi connectivity index (χ1) is 9.42. The molecule has 1 heterocycles. The fourth-order valence-electron chi connectivity index (χ4n) is 2.16. The van der Waals surface area contributed by atoms with Gasteiger partial charge in [-0.2, -0.15) is 0 Å². The summed E-state index contributed by atoms with van der Waals surface area (Å²) < 4.78 is 10.7. The molecular formula is C16H18ClNO2. The van der Waals surface area contributed by atoms with Gasteiger partial charge < -0.3 is 14.8 Å². The van der Waals surface area contributed by atoms with Gasteiger partial charge in [-0.25, -0.2) is 0 Å². The van der Waals surface area contributed by atoms with E-state index in [4.69, 9.17) is 9.47 Å². The van der Waals surface area contributed by atoms with Crippen LogP contribution in [0.25, 0.3) is 0 Å². The second-order valence-electron chi connectivity index (χ2n) is 4.60. The van der Waals surface area contributed by atoms with Crippen LogP contribution >= 0.6 is 12.4 Å². The third kappa shape index (κ3) is 3.65. The summed E-state index contributed by atoms with van der Waals surface area (Å²) in [6, 6.07) is 16.6. The topological polar surface area (TPSA) is 30.5 Å². The molecule has 0 amide bonds. The summed E-state index contributed by atoms with van der Waals surface area (Å²) >= 11 is 0. The number of ether oxygens (including phenoxy) is 2. The van der Waals surface area contributed by atoms with Gasteiger partial charge in [0, 0.05) is 6.54 Å². The Morgan fingerprint density at radius 1 is 0.900 bits per heavy atom. The average Bonchev–Trinajstić information content (AvgIpc) is 2.92. The van der Waals surface area contributed by atoms with Gasteiger partial charge in [-0.1, -0.05) is 36.4 Å². The molecule has 106 valence electrons. The summed E-state index contributed by atoms with van der Waals surface area (Å²) in [6.07, 6.45) is 1.05. The van der Waals surface area contributed by atoms with Crippen LogP contribution in [-0.2, 0) is 13.0 Å². The second-order valence-corrected chi connectivity index (χ2v) is 4.60. The molecule has 0 saturated heterocycles. The Morgan fingerprint density at radius 2 is 1.70 bits per heavy atom. The van der Waals surface area contributed by atoms with E-state index in [2.05, 4.69) is 35.6 Å². The van der Waals surface area contributed by atoms with Crippen LogP contribution in [-0.4, -0.2) is 13.3 Å². The highest BCUT2D eigenvalue weighted by atomic mass is 35.5. The predicted octanol–water partition coefficient (Wildman–Crippen LogP) is 3.17. The molecule has 3 nitrogen and oxygen atoms in total. The molecule has 2 aromatic carbocycles. The summed E-state index contributed by atoms with van der Waals surface area (Å²) in [5.74, 6) is 1.69. The van der Waals surface area contributed by atoms with E-state index in [-0.39, 0.29) is 12.4 Å². The number of fused-ring (bicyclic) bond motifs is 1. The van der Waals surface area contributed by atoms with Gasteiger partial charge in [0.25, 0.3) is 0 Å². The third-order valence-electron chi connectivity index (χ3n) is 3.20. The molecule has 0 fully saturated rings. The number of rotatable bonds is 5. The van der Waals surface area contributed by atoms with Gasteiger partial charge in [-0.3, -0.25) is 0 Å². The number of nitrogens with one attached hydrogen (secondary N) is 1. The zero-order valence-electron chi connectivity index (χ0n) is 11.2. The van der Waals surface area contributed by atoms with E-state index in [1.807, 2.05) is 18.2 Å². The fraction of sp³-hybridized carbons (Fsp3) is 0.250. The largest absolute Gasteiger partial charge is 0.454 e. The van der Waals surface area contributed by atoms with E-state index in [1.54, 1.807) is 0 Å². The van der Waals surface area contributed by atoms with Gasteiger partial charge >= 0.3 is 0 Å². The normalized spacial score (nSPS) is 12.0. The van der Waals surface area contributed by atoms with Crippen LogP contribution in [0.15, 0.2) is 48.5 Å². The Kier molecular flexibility index (Phi) is 5.27. The van der Waals surface area contributed by atoms with Crippen LogP contribution in [0.2, 0.25) is 0 Å². The molecule has 1 N–H and O–H groups in total. The van der Waals surface area contributed by atoms with Crippen molar-refractivity contribution in [2.45, 2.75) is 13.0 Å². The molecular weight excluding hydrogens is 274 g/mol. The van der Waals surface area contributed by atoms with Crippen molar-refractivity contribution in [3.05, 3.63) is 59.7 Å². The minimum atomic E-state index is 0. The minimum Gasteiger partial charge on any atom is -0.454 e. The summed E-state index contributed by atoms with van der Waals surface area (Å²) in [6.45, 7) is 2.15. The smallest absolute Gasteiger partial charge is 0.231 e. The maximum atomic E-state index is 5.36. The number of hydrogen-bond acceptors (Lipinski definition) is 3. The van der Waals surface area contributed by atoms with Crippen LogP contribution in [0.3, 0.4) is 0 Å². The van der Waals surface area contributed by atoms with Crippen molar-refractivity contribution < 1.29 is 9.47 Å². The highest BCUT2D eigenvalue weighted by molar-refractivity contribution is 5.85. The lowest BCUT2D eigenvalue weighted by Gasteiger charge is -2.06. The van der Waals surface area contributed by atoms with Crippen molar-refractivity contribution in [1.29, 1.82) is 0 Å². The average molecular weight is 292 g/mol. The second kappa shape index (κ2) is 7.17. The Hall–Kier alpha value is -1.71. The molecule has 20 heavy (non-hydrogen) atoms. The zero-order valence-corrected chi connectivity index (χ0v) is 12.0. The van der Waals surface area contributed by atoms with Crippen molar-refractivity contribution >= 4 is 12.4 Å². The Bertz CT molecular complexity index is 545. The SMILES string of the molecule is Cl.c1ccc(CCNCc2ccc3c(c2)OCO3)cc1. The van der Waals surface area contributed by atoms with Gasteiger partial charge in [0.05, 0.1) is 0 Å². The Balaban J connectivity index is 0.00000147. The van der Waals surface area contributed by atoms with Crippen LogP contribution in [0.1, 0.15) is 11.1 Å². The lowest BCUT2D eigenvalue weighted by atomic mass is 10.1. The summed E-state index contributed by atoms with van der Waals surface area (Å²) in [5.41, 5.74) is 2.58.